The summed E-state index contributed by atoms with van der Waals surface area (Å²) in [6.07, 6.45) is 8.07. The number of hydrogen-bond donors (Lipinski definition) is 0. The Morgan fingerprint density at radius 1 is 1.29 bits per heavy atom. The summed E-state index contributed by atoms with van der Waals surface area (Å²) in [4.78, 5) is 4.28. The van der Waals surface area contributed by atoms with E-state index in [1.807, 2.05) is 6.08 Å². The molecule has 78 valence electrons. The molecule has 0 unspecified atom stereocenters. The van der Waals surface area contributed by atoms with Gasteiger partial charge in [0.25, 0.3) is 0 Å². The van der Waals surface area contributed by atoms with Crippen LogP contribution < -0.4 is 0 Å². The lowest BCUT2D eigenvalue weighted by Gasteiger charge is -2.08. The van der Waals surface area contributed by atoms with Gasteiger partial charge in [0.1, 0.15) is 0 Å². The molecule has 0 radical (unpaired) electrons. The van der Waals surface area contributed by atoms with Crippen LogP contribution in [0.25, 0.3) is 0 Å². The highest BCUT2D eigenvalue weighted by Crippen LogP contribution is 2.04. The van der Waals surface area contributed by atoms with Crippen LogP contribution in [0.1, 0.15) is 46.5 Å². The van der Waals surface area contributed by atoms with E-state index < -0.39 is 0 Å². The van der Waals surface area contributed by atoms with Gasteiger partial charge in [-0.3, -0.25) is 4.99 Å². The molecule has 0 aliphatic rings. The molecule has 14 heavy (non-hydrogen) atoms. The largest absolute Gasteiger partial charge is 0.278 e. The average Bonchev–Trinajstić information content (AvgIpc) is 2.08. The fraction of sp³-hybridized carbons (Fsp3) is 0.615. The van der Waals surface area contributed by atoms with Gasteiger partial charge in [-0.05, 0) is 40.0 Å². The molecule has 0 aliphatic heterocycles. The van der Waals surface area contributed by atoms with Crippen LogP contribution in [0.2, 0.25) is 0 Å². The van der Waals surface area contributed by atoms with E-state index in [0.29, 0.717) is 0 Å². The Balaban J connectivity index is 3.54. The van der Waals surface area contributed by atoms with E-state index in [0.717, 1.165) is 19.3 Å². The normalized spacial score (nSPS) is 11.1. The van der Waals surface area contributed by atoms with Crippen molar-refractivity contribution in [1.29, 1.82) is 0 Å². The highest BCUT2D eigenvalue weighted by molar-refractivity contribution is 5.78. The van der Waals surface area contributed by atoms with Crippen molar-refractivity contribution in [3.63, 3.8) is 0 Å². The van der Waals surface area contributed by atoms with Gasteiger partial charge < -0.3 is 0 Å². The Hall–Kier alpha value is -1.03. The predicted molar refractivity (Wildman–Crippen MR) is 64.7 cm³/mol. The molecule has 0 saturated carbocycles. The summed E-state index contributed by atoms with van der Waals surface area (Å²) in [5, 5.41) is 0. The number of nitrogens with zero attached hydrogens (tertiary/aromatic N) is 1. The van der Waals surface area contributed by atoms with E-state index in [1.165, 1.54) is 6.42 Å². The van der Waals surface area contributed by atoms with Gasteiger partial charge >= 0.3 is 0 Å². The summed E-state index contributed by atoms with van der Waals surface area (Å²) < 4.78 is 0. The third-order valence-electron chi connectivity index (χ3n) is 1.58. The van der Waals surface area contributed by atoms with E-state index in [4.69, 9.17) is 0 Å². The number of hydrogen-bond acceptors (Lipinski definition) is 1. The third-order valence-corrected chi connectivity index (χ3v) is 1.58. The molecule has 0 aliphatic carbocycles. The van der Waals surface area contributed by atoms with Crippen molar-refractivity contribution in [1.82, 2.24) is 0 Å². The van der Waals surface area contributed by atoms with Crippen molar-refractivity contribution in [2.24, 2.45) is 4.99 Å². The predicted octanol–water partition coefficient (Wildman–Crippen LogP) is 3.61. The van der Waals surface area contributed by atoms with Crippen molar-refractivity contribution in [2.45, 2.75) is 52.0 Å². The zero-order valence-corrected chi connectivity index (χ0v) is 9.64. The second kappa shape index (κ2) is 7.38. The maximum Gasteiger partial charge on any atom is 0.0717 e. The summed E-state index contributed by atoms with van der Waals surface area (Å²) in [7, 11) is 0. The smallest absolute Gasteiger partial charge is 0.0717 e. The molecule has 0 aromatic rings. The minimum Gasteiger partial charge on any atom is -0.278 e. The lowest BCUT2D eigenvalue weighted by Crippen LogP contribution is -2.08. The van der Waals surface area contributed by atoms with Gasteiger partial charge in [-0.25, -0.2) is 0 Å². The topological polar surface area (TPSA) is 12.4 Å². The lowest BCUT2D eigenvalue weighted by atomic mass is 10.1. The summed E-state index contributed by atoms with van der Waals surface area (Å²) in [6, 6.07) is 0. The molecule has 0 atom stereocenters. The van der Waals surface area contributed by atoms with Crippen LogP contribution in [0.5, 0.6) is 0 Å². The van der Waals surface area contributed by atoms with Crippen molar-refractivity contribution in [3.05, 3.63) is 12.7 Å². The van der Waals surface area contributed by atoms with Crippen molar-refractivity contribution >= 4 is 6.21 Å². The molecule has 0 spiro atoms. The van der Waals surface area contributed by atoms with Crippen LogP contribution in [0, 0.1) is 11.8 Å². The van der Waals surface area contributed by atoms with Gasteiger partial charge in [-0.1, -0.05) is 17.9 Å². The fourth-order valence-corrected chi connectivity index (χ4v) is 0.846. The first-order valence-corrected chi connectivity index (χ1v) is 5.19. The number of aliphatic imine (C=N–C) groups is 1. The van der Waals surface area contributed by atoms with Crippen molar-refractivity contribution in [2.75, 3.05) is 0 Å². The Morgan fingerprint density at radius 2 is 2.00 bits per heavy atom. The maximum absolute atomic E-state index is 4.28. The van der Waals surface area contributed by atoms with Crippen molar-refractivity contribution in [3.8, 4) is 11.8 Å². The standard InChI is InChI=1S/C13H21N/c1-5-6-7-8-9-10-11-12-14-13(2,3)4/h5,12H,1,6-9H2,2-4H3. The number of rotatable bonds is 4. The van der Waals surface area contributed by atoms with Gasteiger partial charge in [0.15, 0.2) is 0 Å². The van der Waals surface area contributed by atoms with Crippen LogP contribution in [0.4, 0.5) is 0 Å². The number of unbranched alkanes of at least 4 members (excludes halogenated alkanes) is 3. The second-order valence-electron chi connectivity index (χ2n) is 4.28. The summed E-state index contributed by atoms with van der Waals surface area (Å²) in [5.41, 5.74) is -0.00246. The van der Waals surface area contributed by atoms with Gasteiger partial charge in [0.05, 0.1) is 11.8 Å². The second-order valence-corrected chi connectivity index (χ2v) is 4.28. The summed E-state index contributed by atoms with van der Waals surface area (Å²) in [5.74, 6) is 6.03. The van der Waals surface area contributed by atoms with Crippen molar-refractivity contribution < 1.29 is 0 Å². The first-order valence-electron chi connectivity index (χ1n) is 5.19. The van der Waals surface area contributed by atoms with Crippen LogP contribution in [-0.4, -0.2) is 11.8 Å². The van der Waals surface area contributed by atoms with Gasteiger partial charge in [0, 0.05) is 6.42 Å². The quantitative estimate of drug-likeness (QED) is 0.278. The molecule has 0 N–H and O–H groups in total. The van der Waals surface area contributed by atoms with Gasteiger partial charge in [0.2, 0.25) is 0 Å². The van der Waals surface area contributed by atoms with Crippen LogP contribution in [-0.2, 0) is 0 Å². The summed E-state index contributed by atoms with van der Waals surface area (Å²) >= 11 is 0. The molecule has 0 aromatic carbocycles. The Morgan fingerprint density at radius 3 is 2.57 bits per heavy atom. The van der Waals surface area contributed by atoms with Crippen LogP contribution in [0.3, 0.4) is 0 Å². The highest BCUT2D eigenvalue weighted by Gasteiger charge is 2.03. The minimum atomic E-state index is -0.00246. The molecule has 0 rings (SSSR count). The Kier molecular flexibility index (Phi) is 6.84. The molecule has 0 aromatic heterocycles. The molecule has 0 saturated heterocycles. The molecular formula is C13H21N. The zero-order chi connectivity index (χ0) is 10.9. The van der Waals surface area contributed by atoms with Gasteiger partial charge in [-0.2, -0.15) is 0 Å². The third kappa shape index (κ3) is 11.0. The molecule has 0 fully saturated rings. The zero-order valence-electron chi connectivity index (χ0n) is 9.64. The van der Waals surface area contributed by atoms with Crippen LogP contribution in [0.15, 0.2) is 17.6 Å². The lowest BCUT2D eigenvalue weighted by molar-refractivity contribution is 0.587. The average molecular weight is 191 g/mol. The molecule has 0 amide bonds. The number of allylic oxidation sites excluding steroid dienone is 1. The Labute approximate surface area is 88.3 Å². The minimum absolute atomic E-state index is 0.00246. The van der Waals surface area contributed by atoms with E-state index in [9.17, 15) is 0 Å². The molecule has 0 heterocycles. The van der Waals surface area contributed by atoms with E-state index in [1.54, 1.807) is 6.21 Å². The molecule has 1 nitrogen and oxygen atoms in total. The highest BCUT2D eigenvalue weighted by atomic mass is 14.8. The fourth-order valence-electron chi connectivity index (χ4n) is 0.846. The maximum atomic E-state index is 4.28. The molecule has 0 bridgehead atoms. The first kappa shape index (κ1) is 13.0. The Bertz CT molecular complexity index is 232. The SMILES string of the molecule is C=CCCCCC#CC=NC(C)(C)C. The van der Waals surface area contributed by atoms with E-state index in [2.05, 4.69) is 44.2 Å². The monoisotopic (exact) mass is 191 g/mol. The van der Waals surface area contributed by atoms with Crippen LogP contribution >= 0.6 is 0 Å². The first-order chi connectivity index (χ1) is 6.56. The molecule has 1 heteroatoms. The molecular weight excluding hydrogens is 170 g/mol. The summed E-state index contributed by atoms with van der Waals surface area (Å²) in [6.45, 7) is 9.87. The van der Waals surface area contributed by atoms with Gasteiger partial charge in [-0.15, -0.1) is 6.58 Å². The van der Waals surface area contributed by atoms with E-state index in [-0.39, 0.29) is 5.54 Å². The van der Waals surface area contributed by atoms with E-state index >= 15 is 0 Å².